The van der Waals surface area contributed by atoms with Crippen LogP contribution >= 0.6 is 0 Å². The summed E-state index contributed by atoms with van der Waals surface area (Å²) in [7, 11) is 1.60. The number of hydrogen-bond acceptors (Lipinski definition) is 2. The van der Waals surface area contributed by atoms with E-state index in [9.17, 15) is 4.79 Å². The first kappa shape index (κ1) is 12.0. The second-order valence-corrected chi connectivity index (χ2v) is 3.71. The van der Waals surface area contributed by atoms with E-state index in [4.69, 9.17) is 4.74 Å². The molecule has 0 fully saturated rings. The molecular formula is C15H13NO2. The first-order chi connectivity index (χ1) is 8.79. The lowest BCUT2D eigenvalue weighted by Gasteiger charge is -1.99. The second-order valence-electron chi connectivity index (χ2n) is 3.71. The van der Waals surface area contributed by atoms with Gasteiger partial charge < -0.3 is 4.74 Å². The Balaban J connectivity index is 2.13. The third kappa shape index (κ3) is 3.04. The van der Waals surface area contributed by atoms with Crippen LogP contribution < -0.4 is 4.74 Å². The minimum Gasteiger partial charge on any atom is -0.497 e. The molecule has 0 spiro atoms. The summed E-state index contributed by atoms with van der Waals surface area (Å²) in [6.45, 7) is 0. The van der Waals surface area contributed by atoms with Gasteiger partial charge in [-0.1, -0.05) is 30.3 Å². The lowest BCUT2D eigenvalue weighted by molar-refractivity contribution is 0.100. The van der Waals surface area contributed by atoms with Crippen molar-refractivity contribution >= 4 is 12.1 Å². The maximum Gasteiger partial charge on any atom is 0.276 e. The molecular weight excluding hydrogens is 226 g/mol. The molecule has 2 aromatic rings. The molecule has 2 aromatic carbocycles. The van der Waals surface area contributed by atoms with Crippen molar-refractivity contribution in [2.75, 3.05) is 7.11 Å². The van der Waals surface area contributed by atoms with Crippen molar-refractivity contribution in [3.63, 3.8) is 0 Å². The molecule has 90 valence electrons. The van der Waals surface area contributed by atoms with Crippen molar-refractivity contribution in [1.29, 1.82) is 0 Å². The van der Waals surface area contributed by atoms with Crippen LogP contribution in [0.2, 0.25) is 0 Å². The Morgan fingerprint density at radius 2 is 1.89 bits per heavy atom. The Morgan fingerprint density at radius 3 is 2.61 bits per heavy atom. The highest BCUT2D eigenvalue weighted by atomic mass is 16.5. The van der Waals surface area contributed by atoms with Crippen LogP contribution in [0.4, 0.5) is 0 Å². The van der Waals surface area contributed by atoms with Gasteiger partial charge in [-0.2, -0.15) is 0 Å². The number of hydrogen-bond donors (Lipinski definition) is 0. The Labute approximate surface area is 106 Å². The van der Waals surface area contributed by atoms with E-state index < -0.39 is 0 Å². The van der Waals surface area contributed by atoms with E-state index in [0.717, 1.165) is 11.3 Å². The zero-order valence-corrected chi connectivity index (χ0v) is 10.0. The highest BCUT2D eigenvalue weighted by Gasteiger charge is 2.00. The number of nitrogens with zero attached hydrogens (tertiary/aromatic N) is 1. The summed E-state index contributed by atoms with van der Waals surface area (Å²) >= 11 is 0. The third-order valence-electron chi connectivity index (χ3n) is 2.45. The van der Waals surface area contributed by atoms with Crippen molar-refractivity contribution in [3.8, 4) is 5.75 Å². The van der Waals surface area contributed by atoms with E-state index in [1.54, 1.807) is 19.2 Å². The molecule has 0 aliphatic rings. The van der Waals surface area contributed by atoms with Gasteiger partial charge in [0.1, 0.15) is 5.75 Å². The van der Waals surface area contributed by atoms with E-state index in [1.807, 2.05) is 42.5 Å². The van der Waals surface area contributed by atoms with Crippen LogP contribution in [-0.2, 0) is 0 Å². The van der Waals surface area contributed by atoms with Gasteiger partial charge in [-0.3, -0.25) is 4.79 Å². The molecule has 0 radical (unpaired) electrons. The number of rotatable bonds is 3. The molecule has 0 aromatic heterocycles. The van der Waals surface area contributed by atoms with Crippen molar-refractivity contribution in [2.24, 2.45) is 4.99 Å². The van der Waals surface area contributed by atoms with Crippen LogP contribution in [0, 0.1) is 0 Å². The lowest BCUT2D eigenvalue weighted by Crippen LogP contribution is -1.95. The van der Waals surface area contributed by atoms with Crippen molar-refractivity contribution in [1.82, 2.24) is 0 Å². The van der Waals surface area contributed by atoms with Gasteiger partial charge >= 0.3 is 0 Å². The molecule has 0 saturated heterocycles. The fraction of sp³-hybridized carbons (Fsp3) is 0.0667. The second kappa shape index (κ2) is 5.77. The highest BCUT2D eigenvalue weighted by Crippen LogP contribution is 2.11. The molecule has 0 heterocycles. The Morgan fingerprint density at radius 1 is 1.11 bits per heavy atom. The fourth-order valence-electron chi connectivity index (χ4n) is 1.51. The average Bonchev–Trinajstić information content (AvgIpc) is 2.46. The van der Waals surface area contributed by atoms with Gasteiger partial charge in [-0.25, -0.2) is 4.99 Å². The van der Waals surface area contributed by atoms with Crippen LogP contribution in [0.15, 0.2) is 59.6 Å². The van der Waals surface area contributed by atoms with E-state index in [1.165, 1.54) is 6.21 Å². The fourth-order valence-corrected chi connectivity index (χ4v) is 1.51. The Hall–Kier alpha value is -2.42. The zero-order valence-electron chi connectivity index (χ0n) is 10.0. The topological polar surface area (TPSA) is 38.7 Å². The van der Waals surface area contributed by atoms with Crippen molar-refractivity contribution in [3.05, 3.63) is 65.7 Å². The molecule has 0 aliphatic carbocycles. The first-order valence-corrected chi connectivity index (χ1v) is 5.57. The van der Waals surface area contributed by atoms with E-state index in [2.05, 4.69) is 4.99 Å². The Kier molecular flexibility index (Phi) is 3.86. The van der Waals surface area contributed by atoms with Crippen molar-refractivity contribution in [2.45, 2.75) is 0 Å². The predicted octanol–water partition coefficient (Wildman–Crippen LogP) is 2.95. The number of methoxy groups -OCH3 is 1. The van der Waals surface area contributed by atoms with Crippen molar-refractivity contribution < 1.29 is 9.53 Å². The summed E-state index contributed by atoms with van der Waals surface area (Å²) in [5, 5.41) is 0. The molecule has 0 unspecified atom stereocenters. The largest absolute Gasteiger partial charge is 0.497 e. The summed E-state index contributed by atoms with van der Waals surface area (Å²) < 4.78 is 5.10. The van der Waals surface area contributed by atoms with Gasteiger partial charge in [0.15, 0.2) is 0 Å². The van der Waals surface area contributed by atoms with Crippen LogP contribution in [-0.4, -0.2) is 19.2 Å². The summed E-state index contributed by atoms with van der Waals surface area (Å²) in [5.74, 6) is 0.490. The number of amides is 1. The van der Waals surface area contributed by atoms with Crippen LogP contribution in [0.25, 0.3) is 0 Å². The summed E-state index contributed by atoms with van der Waals surface area (Å²) in [4.78, 5) is 15.7. The van der Waals surface area contributed by atoms with Gasteiger partial charge in [0.25, 0.3) is 5.91 Å². The molecule has 0 atom stereocenters. The minimum absolute atomic E-state index is 0.251. The number of carbonyl (C=O) groups is 1. The van der Waals surface area contributed by atoms with Crippen LogP contribution in [0.1, 0.15) is 15.9 Å². The number of aliphatic imine (C=N–C) groups is 1. The molecule has 18 heavy (non-hydrogen) atoms. The SMILES string of the molecule is COc1cccc(C=NC(=O)c2ccccc2)c1. The van der Waals surface area contributed by atoms with Gasteiger partial charge in [-0.15, -0.1) is 0 Å². The van der Waals surface area contributed by atoms with Gasteiger partial charge in [0.05, 0.1) is 7.11 Å². The molecule has 0 bridgehead atoms. The average molecular weight is 239 g/mol. The first-order valence-electron chi connectivity index (χ1n) is 5.57. The molecule has 3 heteroatoms. The predicted molar refractivity (Wildman–Crippen MR) is 71.4 cm³/mol. The standard InChI is InChI=1S/C15H13NO2/c1-18-14-9-5-6-12(10-14)11-16-15(17)13-7-3-2-4-8-13/h2-11H,1H3. The summed E-state index contributed by atoms with van der Waals surface area (Å²) in [6, 6.07) is 16.4. The monoisotopic (exact) mass is 239 g/mol. The lowest BCUT2D eigenvalue weighted by atomic mass is 10.2. The molecule has 1 amide bonds. The molecule has 0 saturated carbocycles. The van der Waals surface area contributed by atoms with E-state index in [-0.39, 0.29) is 5.91 Å². The maximum atomic E-state index is 11.7. The maximum absolute atomic E-state index is 11.7. The normalized spacial score (nSPS) is 10.5. The third-order valence-corrected chi connectivity index (χ3v) is 2.45. The van der Waals surface area contributed by atoms with Gasteiger partial charge in [-0.05, 0) is 29.8 Å². The highest BCUT2D eigenvalue weighted by molar-refractivity contribution is 6.01. The molecule has 0 aliphatic heterocycles. The van der Waals surface area contributed by atoms with E-state index >= 15 is 0 Å². The number of carbonyl (C=O) groups excluding carboxylic acids is 1. The number of benzene rings is 2. The van der Waals surface area contributed by atoms with Gasteiger partial charge in [0.2, 0.25) is 0 Å². The van der Waals surface area contributed by atoms with Gasteiger partial charge in [0, 0.05) is 11.8 Å². The minimum atomic E-state index is -0.251. The Bertz CT molecular complexity index is 562. The molecule has 3 nitrogen and oxygen atoms in total. The number of ether oxygens (including phenoxy) is 1. The van der Waals surface area contributed by atoms with Crippen LogP contribution in [0.5, 0.6) is 5.75 Å². The summed E-state index contributed by atoms with van der Waals surface area (Å²) in [6.07, 6.45) is 1.54. The summed E-state index contributed by atoms with van der Waals surface area (Å²) in [5.41, 5.74) is 1.41. The molecule has 0 N–H and O–H groups in total. The smallest absolute Gasteiger partial charge is 0.276 e. The van der Waals surface area contributed by atoms with Crippen LogP contribution in [0.3, 0.4) is 0 Å². The zero-order chi connectivity index (χ0) is 12.8. The van der Waals surface area contributed by atoms with E-state index in [0.29, 0.717) is 5.56 Å². The molecule has 2 rings (SSSR count). The quantitative estimate of drug-likeness (QED) is 0.772.